The van der Waals surface area contributed by atoms with Crippen LogP contribution >= 0.6 is 11.3 Å². The van der Waals surface area contributed by atoms with Crippen LogP contribution in [0.1, 0.15) is 46.7 Å². The Morgan fingerprint density at radius 1 is 1.32 bits per heavy atom. The van der Waals surface area contributed by atoms with Gasteiger partial charge in [0.2, 0.25) is 6.10 Å². The highest BCUT2D eigenvalue weighted by atomic mass is 32.1. The first kappa shape index (κ1) is 16.3. The summed E-state index contributed by atoms with van der Waals surface area (Å²) in [5.74, 6) is -0.323. The van der Waals surface area contributed by atoms with Crippen LogP contribution in [0.3, 0.4) is 0 Å². The third-order valence-electron chi connectivity index (χ3n) is 4.73. The molecule has 4 rings (SSSR count). The van der Waals surface area contributed by atoms with Crippen molar-refractivity contribution in [2.75, 3.05) is 6.61 Å². The molecule has 0 aliphatic carbocycles. The van der Waals surface area contributed by atoms with E-state index in [0.717, 1.165) is 42.8 Å². The van der Waals surface area contributed by atoms with Crippen LogP contribution < -0.4 is 5.56 Å². The van der Waals surface area contributed by atoms with Gasteiger partial charge in [-0.15, -0.1) is 11.3 Å². The van der Waals surface area contributed by atoms with Crippen molar-refractivity contribution in [1.82, 2.24) is 9.55 Å². The van der Waals surface area contributed by atoms with Gasteiger partial charge in [-0.2, -0.15) is 0 Å². The SMILES string of the molecule is Cc1c(C(=O)OC2CCOC2=O)sc2nc3n(c(=O)c12)CCCCC3. The minimum Gasteiger partial charge on any atom is -0.463 e. The number of rotatable bonds is 2. The Labute approximate surface area is 147 Å². The summed E-state index contributed by atoms with van der Waals surface area (Å²) >= 11 is 1.16. The molecular weight excluding hydrogens is 344 g/mol. The lowest BCUT2D eigenvalue weighted by Crippen LogP contribution is -2.24. The maximum Gasteiger partial charge on any atom is 0.349 e. The third-order valence-corrected chi connectivity index (χ3v) is 5.90. The van der Waals surface area contributed by atoms with E-state index < -0.39 is 18.0 Å². The van der Waals surface area contributed by atoms with E-state index in [1.54, 1.807) is 11.5 Å². The molecule has 1 saturated heterocycles. The molecule has 1 atom stereocenters. The molecule has 0 aromatic carbocycles. The Kier molecular flexibility index (Phi) is 4.07. The summed E-state index contributed by atoms with van der Waals surface area (Å²) in [6, 6.07) is 0. The number of aromatic nitrogens is 2. The molecule has 2 aliphatic heterocycles. The largest absolute Gasteiger partial charge is 0.463 e. The van der Waals surface area contributed by atoms with Gasteiger partial charge in [-0.1, -0.05) is 6.42 Å². The summed E-state index contributed by atoms with van der Waals surface area (Å²) in [5.41, 5.74) is 0.489. The molecule has 1 unspecified atom stereocenters. The number of hydrogen-bond donors (Lipinski definition) is 0. The molecule has 8 heteroatoms. The van der Waals surface area contributed by atoms with Crippen LogP contribution in [0.4, 0.5) is 0 Å². The van der Waals surface area contributed by atoms with Gasteiger partial charge in [-0.05, 0) is 25.3 Å². The van der Waals surface area contributed by atoms with Gasteiger partial charge in [0.25, 0.3) is 5.56 Å². The number of carbonyl (C=O) groups is 2. The van der Waals surface area contributed by atoms with Crippen molar-refractivity contribution in [1.29, 1.82) is 0 Å². The molecule has 0 spiro atoms. The number of cyclic esters (lactones) is 1. The zero-order valence-corrected chi connectivity index (χ0v) is 14.7. The summed E-state index contributed by atoms with van der Waals surface area (Å²) in [7, 11) is 0. The molecule has 25 heavy (non-hydrogen) atoms. The summed E-state index contributed by atoms with van der Waals surface area (Å²) < 4.78 is 11.8. The standard InChI is InChI=1S/C17H18N2O5S/c1-9-12-14(18-11-5-3-2-4-7-19(11)15(12)20)25-13(9)17(22)24-10-6-8-23-16(10)21/h10H,2-8H2,1H3. The number of carbonyl (C=O) groups excluding carboxylic acids is 2. The molecule has 132 valence electrons. The summed E-state index contributed by atoms with van der Waals surface area (Å²) in [5, 5.41) is 0.483. The Balaban J connectivity index is 1.75. The first-order valence-electron chi connectivity index (χ1n) is 8.46. The van der Waals surface area contributed by atoms with Gasteiger partial charge in [-0.3, -0.25) is 9.36 Å². The second-order valence-electron chi connectivity index (χ2n) is 6.38. The van der Waals surface area contributed by atoms with Gasteiger partial charge in [0.05, 0.1) is 12.0 Å². The number of nitrogens with zero attached hydrogens (tertiary/aromatic N) is 2. The Hall–Kier alpha value is -2.22. The topological polar surface area (TPSA) is 87.5 Å². The Bertz CT molecular complexity index is 929. The molecule has 0 radical (unpaired) electrons. The average molecular weight is 362 g/mol. The van der Waals surface area contributed by atoms with Gasteiger partial charge in [0.1, 0.15) is 15.5 Å². The Morgan fingerprint density at radius 3 is 2.92 bits per heavy atom. The zero-order chi connectivity index (χ0) is 17.6. The molecule has 1 fully saturated rings. The first-order valence-corrected chi connectivity index (χ1v) is 9.28. The van der Waals surface area contributed by atoms with Gasteiger partial charge in [-0.25, -0.2) is 14.6 Å². The van der Waals surface area contributed by atoms with Crippen molar-refractivity contribution in [3.05, 3.63) is 26.6 Å². The lowest BCUT2D eigenvalue weighted by atomic mass is 10.2. The molecule has 2 aromatic rings. The summed E-state index contributed by atoms with van der Waals surface area (Å²) in [6.07, 6.45) is 3.34. The van der Waals surface area contributed by atoms with E-state index in [9.17, 15) is 14.4 Å². The number of hydrogen-bond acceptors (Lipinski definition) is 7. The van der Waals surface area contributed by atoms with Crippen molar-refractivity contribution < 1.29 is 19.1 Å². The van der Waals surface area contributed by atoms with Crippen molar-refractivity contribution in [3.63, 3.8) is 0 Å². The van der Waals surface area contributed by atoms with Gasteiger partial charge in [0.15, 0.2) is 0 Å². The van der Waals surface area contributed by atoms with Crippen LogP contribution in [-0.2, 0) is 27.2 Å². The van der Waals surface area contributed by atoms with Crippen LogP contribution in [-0.4, -0.2) is 34.2 Å². The number of aryl methyl sites for hydroxylation is 2. The Morgan fingerprint density at radius 2 is 2.16 bits per heavy atom. The van der Waals surface area contributed by atoms with E-state index in [4.69, 9.17) is 9.47 Å². The number of fused-ring (bicyclic) bond motifs is 2. The van der Waals surface area contributed by atoms with Gasteiger partial charge in [0, 0.05) is 19.4 Å². The molecule has 4 heterocycles. The van der Waals surface area contributed by atoms with E-state index in [-0.39, 0.29) is 12.2 Å². The molecular formula is C17H18N2O5S. The van der Waals surface area contributed by atoms with Crippen molar-refractivity contribution in [2.24, 2.45) is 0 Å². The average Bonchev–Trinajstić information content (AvgIpc) is 3.02. The van der Waals surface area contributed by atoms with Crippen LogP contribution in [0.2, 0.25) is 0 Å². The lowest BCUT2D eigenvalue weighted by Gasteiger charge is -2.08. The molecule has 0 amide bonds. The molecule has 2 aliphatic rings. The van der Waals surface area contributed by atoms with Crippen LogP contribution in [0.25, 0.3) is 10.2 Å². The highest BCUT2D eigenvalue weighted by Crippen LogP contribution is 2.29. The van der Waals surface area contributed by atoms with E-state index in [1.165, 1.54) is 0 Å². The van der Waals surface area contributed by atoms with E-state index in [1.807, 2.05) is 0 Å². The quantitative estimate of drug-likeness (QED) is 0.759. The van der Waals surface area contributed by atoms with Gasteiger partial charge >= 0.3 is 11.9 Å². The second-order valence-corrected chi connectivity index (χ2v) is 7.38. The highest BCUT2D eigenvalue weighted by molar-refractivity contribution is 7.20. The number of ether oxygens (including phenoxy) is 2. The molecule has 7 nitrogen and oxygen atoms in total. The van der Waals surface area contributed by atoms with Crippen molar-refractivity contribution >= 4 is 33.5 Å². The van der Waals surface area contributed by atoms with E-state index >= 15 is 0 Å². The second kappa shape index (κ2) is 6.25. The molecule has 0 saturated carbocycles. The first-order chi connectivity index (χ1) is 12.1. The third kappa shape index (κ3) is 2.74. The highest BCUT2D eigenvalue weighted by Gasteiger charge is 2.32. The normalized spacial score (nSPS) is 20.2. The minimum atomic E-state index is -0.858. The van der Waals surface area contributed by atoms with Crippen molar-refractivity contribution in [3.8, 4) is 0 Å². The number of esters is 2. The molecule has 0 bridgehead atoms. The monoisotopic (exact) mass is 362 g/mol. The summed E-state index contributed by atoms with van der Waals surface area (Å²) in [4.78, 5) is 42.4. The van der Waals surface area contributed by atoms with Crippen LogP contribution in [0, 0.1) is 6.92 Å². The fraction of sp³-hybridized carbons (Fsp3) is 0.529. The fourth-order valence-electron chi connectivity index (χ4n) is 3.37. The maximum atomic E-state index is 12.9. The zero-order valence-electron chi connectivity index (χ0n) is 13.9. The maximum absolute atomic E-state index is 12.9. The lowest BCUT2D eigenvalue weighted by molar-refractivity contribution is -0.145. The van der Waals surface area contributed by atoms with Crippen molar-refractivity contribution in [2.45, 2.75) is 51.7 Å². The van der Waals surface area contributed by atoms with E-state index in [0.29, 0.717) is 33.6 Å². The fourth-order valence-corrected chi connectivity index (χ4v) is 4.45. The van der Waals surface area contributed by atoms with Gasteiger partial charge < -0.3 is 9.47 Å². The van der Waals surface area contributed by atoms with Crippen LogP contribution in [0.5, 0.6) is 0 Å². The molecule has 2 aromatic heterocycles. The smallest absolute Gasteiger partial charge is 0.349 e. The number of thiophene rings is 1. The predicted octanol–water partition coefficient (Wildman–Crippen LogP) is 1.97. The van der Waals surface area contributed by atoms with E-state index in [2.05, 4.69) is 4.98 Å². The summed E-state index contributed by atoms with van der Waals surface area (Å²) in [6.45, 7) is 2.66. The van der Waals surface area contributed by atoms with Crippen LogP contribution in [0.15, 0.2) is 4.79 Å². The predicted molar refractivity (Wildman–Crippen MR) is 91.0 cm³/mol. The minimum absolute atomic E-state index is 0.0880. The molecule has 0 N–H and O–H groups in total.